The third kappa shape index (κ3) is 4.05. The zero-order chi connectivity index (χ0) is 16.2. The molecule has 22 heavy (non-hydrogen) atoms. The van der Waals surface area contributed by atoms with Crippen LogP contribution in [0.15, 0.2) is 41.6 Å². The lowest BCUT2D eigenvalue weighted by molar-refractivity contribution is 0.151. The van der Waals surface area contributed by atoms with Crippen LogP contribution in [0, 0.1) is 6.92 Å². The third-order valence-electron chi connectivity index (χ3n) is 3.08. The van der Waals surface area contributed by atoms with E-state index in [4.69, 9.17) is 0 Å². The summed E-state index contributed by atoms with van der Waals surface area (Å²) in [6.45, 7) is 1.94. The predicted octanol–water partition coefficient (Wildman–Crippen LogP) is 2.24. The highest BCUT2D eigenvalue weighted by Crippen LogP contribution is 2.20. The fourth-order valence-electron chi connectivity index (χ4n) is 1.86. The molecule has 2 aromatic rings. The van der Waals surface area contributed by atoms with Crippen molar-refractivity contribution >= 4 is 10.0 Å². The summed E-state index contributed by atoms with van der Waals surface area (Å²) in [5.74, 6) is 0. The molecule has 118 valence electrons. The van der Waals surface area contributed by atoms with Gasteiger partial charge in [0, 0.05) is 30.9 Å². The molecule has 0 aliphatic heterocycles. The first-order valence-corrected chi connectivity index (χ1v) is 8.03. The Labute approximate surface area is 127 Å². The first-order valence-electron chi connectivity index (χ1n) is 6.54. The van der Waals surface area contributed by atoms with Gasteiger partial charge in [-0.15, -0.1) is 0 Å². The Kier molecular flexibility index (Phi) is 5.15. The Hall–Kier alpha value is -1.93. The van der Waals surface area contributed by atoms with Gasteiger partial charge in [0.2, 0.25) is 10.0 Å². The Morgan fingerprint density at radius 2 is 1.77 bits per heavy atom. The Morgan fingerprint density at radius 3 is 2.36 bits per heavy atom. The van der Waals surface area contributed by atoms with Crippen LogP contribution in [0.25, 0.3) is 0 Å². The maximum absolute atomic E-state index is 12.4. The SMILES string of the molecule is Cc1nccnc1CCNS(=O)(=O)c1ccc(C(F)F)cc1. The zero-order valence-corrected chi connectivity index (χ0v) is 12.6. The Bertz CT molecular complexity index is 734. The summed E-state index contributed by atoms with van der Waals surface area (Å²) < 4.78 is 51.4. The second-order valence-corrected chi connectivity index (χ2v) is 6.37. The minimum atomic E-state index is -3.73. The first kappa shape index (κ1) is 16.4. The molecular formula is C14H15F2N3O2S. The number of nitrogens with zero attached hydrogens (tertiary/aromatic N) is 2. The number of hydrogen-bond acceptors (Lipinski definition) is 4. The summed E-state index contributed by atoms with van der Waals surface area (Å²) >= 11 is 0. The Morgan fingerprint density at radius 1 is 1.14 bits per heavy atom. The van der Waals surface area contributed by atoms with Crippen molar-refractivity contribution < 1.29 is 17.2 Å². The number of sulfonamides is 1. The molecule has 0 saturated heterocycles. The van der Waals surface area contributed by atoms with Gasteiger partial charge in [-0.05, 0) is 19.1 Å². The number of aryl methyl sites for hydroxylation is 1. The standard InChI is InChI=1S/C14H15F2N3O2S/c1-10-13(18-9-8-17-10)6-7-19-22(20,21)12-4-2-11(3-5-12)14(15)16/h2-5,8-9,14,19H,6-7H2,1H3. The third-order valence-corrected chi connectivity index (χ3v) is 4.56. The molecule has 0 bridgehead atoms. The number of rotatable bonds is 6. The van der Waals surface area contributed by atoms with Crippen molar-refractivity contribution in [3.05, 3.63) is 53.6 Å². The highest BCUT2D eigenvalue weighted by molar-refractivity contribution is 7.89. The quantitative estimate of drug-likeness (QED) is 0.883. The molecule has 0 radical (unpaired) electrons. The van der Waals surface area contributed by atoms with Crippen LogP contribution in [0.1, 0.15) is 23.4 Å². The van der Waals surface area contributed by atoms with Crippen LogP contribution in [0.4, 0.5) is 8.78 Å². The fraction of sp³-hybridized carbons (Fsp3) is 0.286. The summed E-state index contributed by atoms with van der Waals surface area (Å²) in [6.07, 6.45) is 0.880. The van der Waals surface area contributed by atoms with Gasteiger partial charge in [-0.2, -0.15) is 0 Å². The van der Waals surface area contributed by atoms with E-state index in [1.807, 2.05) is 0 Å². The van der Waals surface area contributed by atoms with Gasteiger partial charge in [0.05, 0.1) is 16.3 Å². The van der Waals surface area contributed by atoms with Crippen LogP contribution in [0.2, 0.25) is 0 Å². The van der Waals surface area contributed by atoms with Gasteiger partial charge in [-0.3, -0.25) is 9.97 Å². The van der Waals surface area contributed by atoms with Crippen molar-refractivity contribution in [1.29, 1.82) is 0 Å². The van der Waals surface area contributed by atoms with E-state index in [0.717, 1.165) is 30.0 Å². The van der Waals surface area contributed by atoms with Crippen LogP contribution in [0.3, 0.4) is 0 Å². The van der Waals surface area contributed by atoms with Crippen LogP contribution in [-0.4, -0.2) is 24.9 Å². The van der Waals surface area contributed by atoms with E-state index in [0.29, 0.717) is 12.1 Å². The molecule has 1 N–H and O–H groups in total. The highest BCUT2D eigenvalue weighted by atomic mass is 32.2. The topological polar surface area (TPSA) is 72.0 Å². The van der Waals surface area contributed by atoms with Gasteiger partial charge in [0.25, 0.3) is 6.43 Å². The molecule has 0 amide bonds. The fourth-order valence-corrected chi connectivity index (χ4v) is 2.89. The van der Waals surface area contributed by atoms with Crippen molar-refractivity contribution in [3.8, 4) is 0 Å². The molecular weight excluding hydrogens is 312 g/mol. The molecule has 0 fully saturated rings. The minimum absolute atomic E-state index is 0.0484. The molecule has 8 heteroatoms. The summed E-state index contributed by atoms with van der Waals surface area (Å²) in [5, 5.41) is 0. The van der Waals surface area contributed by atoms with E-state index >= 15 is 0 Å². The summed E-state index contributed by atoms with van der Waals surface area (Å²) in [6, 6.07) is 4.53. The number of hydrogen-bond donors (Lipinski definition) is 1. The second-order valence-electron chi connectivity index (χ2n) is 4.61. The predicted molar refractivity (Wildman–Crippen MR) is 77.1 cm³/mol. The number of aromatic nitrogens is 2. The molecule has 5 nitrogen and oxygen atoms in total. The molecule has 0 unspecified atom stereocenters. The highest BCUT2D eigenvalue weighted by Gasteiger charge is 2.15. The lowest BCUT2D eigenvalue weighted by Gasteiger charge is -2.08. The smallest absolute Gasteiger partial charge is 0.258 e. The van der Waals surface area contributed by atoms with Gasteiger partial charge < -0.3 is 0 Å². The van der Waals surface area contributed by atoms with Gasteiger partial charge >= 0.3 is 0 Å². The minimum Gasteiger partial charge on any atom is -0.258 e. The average Bonchev–Trinajstić information content (AvgIpc) is 2.49. The van der Waals surface area contributed by atoms with Crippen LogP contribution in [0.5, 0.6) is 0 Å². The van der Waals surface area contributed by atoms with E-state index in [1.54, 1.807) is 19.3 Å². The molecule has 1 aromatic heterocycles. The van der Waals surface area contributed by atoms with Gasteiger partial charge in [0.1, 0.15) is 0 Å². The van der Waals surface area contributed by atoms with Gasteiger partial charge in [0.15, 0.2) is 0 Å². The molecule has 0 saturated carbocycles. The van der Waals surface area contributed by atoms with Crippen molar-refractivity contribution in [3.63, 3.8) is 0 Å². The summed E-state index contributed by atoms with van der Waals surface area (Å²) in [5.41, 5.74) is 1.23. The normalized spacial score (nSPS) is 11.8. The van der Waals surface area contributed by atoms with E-state index in [-0.39, 0.29) is 17.0 Å². The van der Waals surface area contributed by atoms with Crippen LogP contribution < -0.4 is 4.72 Å². The molecule has 1 aromatic carbocycles. The summed E-state index contributed by atoms with van der Waals surface area (Å²) in [4.78, 5) is 8.14. The molecule has 1 heterocycles. The number of benzene rings is 1. The van der Waals surface area contributed by atoms with Crippen molar-refractivity contribution in [1.82, 2.24) is 14.7 Å². The maximum Gasteiger partial charge on any atom is 0.263 e. The van der Waals surface area contributed by atoms with Crippen LogP contribution in [-0.2, 0) is 16.4 Å². The lowest BCUT2D eigenvalue weighted by atomic mass is 10.2. The van der Waals surface area contributed by atoms with Crippen molar-refractivity contribution in [2.24, 2.45) is 0 Å². The number of alkyl halides is 2. The number of nitrogens with one attached hydrogen (secondary N) is 1. The molecule has 0 aliphatic rings. The Balaban J connectivity index is 2.00. The summed E-state index contributed by atoms with van der Waals surface area (Å²) in [7, 11) is -3.73. The van der Waals surface area contributed by atoms with Crippen molar-refractivity contribution in [2.75, 3.05) is 6.54 Å². The van der Waals surface area contributed by atoms with E-state index in [9.17, 15) is 17.2 Å². The zero-order valence-electron chi connectivity index (χ0n) is 11.8. The van der Waals surface area contributed by atoms with Crippen molar-refractivity contribution in [2.45, 2.75) is 24.7 Å². The number of halogens is 2. The monoisotopic (exact) mass is 327 g/mol. The lowest BCUT2D eigenvalue weighted by Crippen LogP contribution is -2.26. The second kappa shape index (κ2) is 6.89. The van der Waals surface area contributed by atoms with E-state index < -0.39 is 16.4 Å². The van der Waals surface area contributed by atoms with Gasteiger partial charge in [-0.25, -0.2) is 21.9 Å². The molecule has 0 spiro atoms. The first-order chi connectivity index (χ1) is 10.4. The maximum atomic E-state index is 12.4. The van der Waals surface area contributed by atoms with Gasteiger partial charge in [-0.1, -0.05) is 12.1 Å². The van der Waals surface area contributed by atoms with Crippen LogP contribution >= 0.6 is 0 Å². The molecule has 0 aliphatic carbocycles. The van der Waals surface area contributed by atoms with E-state index in [2.05, 4.69) is 14.7 Å². The molecule has 2 rings (SSSR count). The largest absolute Gasteiger partial charge is 0.263 e. The molecule has 0 atom stereocenters. The average molecular weight is 327 g/mol. The van der Waals surface area contributed by atoms with E-state index in [1.165, 1.54) is 0 Å².